The Hall–Kier alpha value is -1.33. The van der Waals surface area contributed by atoms with Gasteiger partial charge in [-0.05, 0) is 40.0 Å². The van der Waals surface area contributed by atoms with Crippen LogP contribution in [-0.2, 0) is 0 Å². The van der Waals surface area contributed by atoms with Gasteiger partial charge in [-0.25, -0.2) is 4.98 Å². The second kappa shape index (κ2) is 4.90. The van der Waals surface area contributed by atoms with E-state index >= 15 is 0 Å². The van der Waals surface area contributed by atoms with Crippen LogP contribution < -0.4 is 10.6 Å². The molecule has 3 rings (SSSR count). The molecule has 0 radical (unpaired) electrons. The molecule has 0 spiro atoms. The number of hydrogen-bond donors (Lipinski definition) is 1. The molecule has 1 saturated heterocycles. The normalized spacial score (nSPS) is 24.5. The Morgan fingerprint density at radius 2 is 1.90 bits per heavy atom. The van der Waals surface area contributed by atoms with Crippen molar-refractivity contribution >= 4 is 32.9 Å². The molecule has 2 N–H and O–H groups in total. The van der Waals surface area contributed by atoms with Crippen LogP contribution in [0.2, 0.25) is 0 Å². The molecule has 1 fully saturated rings. The van der Waals surface area contributed by atoms with E-state index in [2.05, 4.69) is 47.8 Å². The van der Waals surface area contributed by atoms with E-state index in [-0.39, 0.29) is 0 Å². The van der Waals surface area contributed by atoms with E-state index in [0.717, 1.165) is 35.0 Å². The first-order valence-corrected chi connectivity index (χ1v) is 7.91. The first-order chi connectivity index (χ1) is 9.45. The number of nitrogens with zero attached hydrogens (tertiary/aromatic N) is 3. The van der Waals surface area contributed by atoms with Crippen LogP contribution in [0.1, 0.15) is 18.9 Å². The lowest BCUT2D eigenvalue weighted by molar-refractivity contribution is 0.170. The number of piperazine rings is 1. The van der Waals surface area contributed by atoms with E-state index < -0.39 is 0 Å². The minimum Gasteiger partial charge on any atom is -0.397 e. The number of nitrogen functional groups attached to an aromatic ring is 1. The van der Waals surface area contributed by atoms with Gasteiger partial charge in [0.25, 0.3) is 0 Å². The number of thiazole rings is 1. The summed E-state index contributed by atoms with van der Waals surface area (Å²) in [4.78, 5) is 9.42. The van der Waals surface area contributed by atoms with Gasteiger partial charge < -0.3 is 10.6 Å². The van der Waals surface area contributed by atoms with Gasteiger partial charge in [-0.2, -0.15) is 0 Å². The van der Waals surface area contributed by atoms with Crippen LogP contribution in [-0.4, -0.2) is 42.1 Å². The predicted molar refractivity (Wildman–Crippen MR) is 87.7 cm³/mol. The van der Waals surface area contributed by atoms with E-state index in [4.69, 9.17) is 5.73 Å². The quantitative estimate of drug-likeness (QED) is 0.820. The lowest BCUT2D eigenvalue weighted by Gasteiger charge is -2.43. The first-order valence-electron chi connectivity index (χ1n) is 7.09. The third-order valence-corrected chi connectivity index (χ3v) is 5.28. The Labute approximate surface area is 124 Å². The SMILES string of the molecule is Cc1nc2cc(N3CC(C)N(C)C(C)C3)c(N)cc2s1. The number of rotatable bonds is 1. The summed E-state index contributed by atoms with van der Waals surface area (Å²) in [7, 11) is 2.20. The summed E-state index contributed by atoms with van der Waals surface area (Å²) in [5.74, 6) is 0. The molecule has 2 aromatic rings. The van der Waals surface area contributed by atoms with Crippen LogP contribution in [0.4, 0.5) is 11.4 Å². The summed E-state index contributed by atoms with van der Waals surface area (Å²) in [6.07, 6.45) is 0. The summed E-state index contributed by atoms with van der Waals surface area (Å²) in [6.45, 7) is 8.61. The highest BCUT2D eigenvalue weighted by Gasteiger charge is 2.27. The number of aryl methyl sites for hydroxylation is 1. The minimum atomic E-state index is 0.533. The minimum absolute atomic E-state index is 0.533. The van der Waals surface area contributed by atoms with E-state index in [1.807, 2.05) is 6.92 Å². The molecule has 0 bridgehead atoms. The molecule has 108 valence electrons. The topological polar surface area (TPSA) is 45.4 Å². The van der Waals surface area contributed by atoms with Crippen molar-refractivity contribution in [2.24, 2.45) is 0 Å². The van der Waals surface area contributed by atoms with Gasteiger partial charge in [-0.15, -0.1) is 11.3 Å². The summed E-state index contributed by atoms with van der Waals surface area (Å²) in [5.41, 5.74) is 9.34. The van der Waals surface area contributed by atoms with Crippen molar-refractivity contribution in [3.63, 3.8) is 0 Å². The van der Waals surface area contributed by atoms with Crippen LogP contribution in [0.5, 0.6) is 0 Å². The van der Waals surface area contributed by atoms with Gasteiger partial charge in [-0.3, -0.25) is 4.90 Å². The van der Waals surface area contributed by atoms with Crippen molar-refractivity contribution in [1.82, 2.24) is 9.88 Å². The molecule has 5 heteroatoms. The average Bonchev–Trinajstić information content (AvgIpc) is 2.73. The zero-order chi connectivity index (χ0) is 14.4. The average molecular weight is 290 g/mol. The van der Waals surface area contributed by atoms with Crippen molar-refractivity contribution < 1.29 is 0 Å². The Morgan fingerprint density at radius 3 is 2.55 bits per heavy atom. The molecule has 0 amide bonds. The van der Waals surface area contributed by atoms with Gasteiger partial charge in [0.15, 0.2) is 0 Å². The van der Waals surface area contributed by atoms with Crippen molar-refractivity contribution in [3.8, 4) is 0 Å². The highest BCUT2D eigenvalue weighted by Crippen LogP contribution is 2.33. The van der Waals surface area contributed by atoms with Crippen molar-refractivity contribution in [2.45, 2.75) is 32.9 Å². The van der Waals surface area contributed by atoms with Crippen LogP contribution in [0, 0.1) is 6.92 Å². The number of nitrogens with two attached hydrogens (primary N) is 1. The molecule has 1 aliphatic rings. The van der Waals surface area contributed by atoms with Crippen LogP contribution >= 0.6 is 11.3 Å². The lowest BCUT2D eigenvalue weighted by Crippen LogP contribution is -2.55. The summed E-state index contributed by atoms with van der Waals surface area (Å²) in [5, 5.41) is 1.09. The fourth-order valence-electron chi connectivity index (χ4n) is 2.97. The van der Waals surface area contributed by atoms with Gasteiger partial charge in [0.1, 0.15) is 0 Å². The Morgan fingerprint density at radius 1 is 1.25 bits per heavy atom. The molecule has 0 saturated carbocycles. The van der Waals surface area contributed by atoms with Crippen molar-refractivity contribution in [2.75, 3.05) is 30.8 Å². The number of aromatic nitrogens is 1. The largest absolute Gasteiger partial charge is 0.397 e. The number of benzene rings is 1. The van der Waals surface area contributed by atoms with Gasteiger partial charge >= 0.3 is 0 Å². The fraction of sp³-hybridized carbons (Fsp3) is 0.533. The van der Waals surface area contributed by atoms with Crippen molar-refractivity contribution in [3.05, 3.63) is 17.1 Å². The first kappa shape index (κ1) is 13.6. The molecular weight excluding hydrogens is 268 g/mol. The molecule has 2 heterocycles. The maximum absolute atomic E-state index is 6.28. The zero-order valence-corrected chi connectivity index (χ0v) is 13.4. The molecule has 2 unspecified atom stereocenters. The molecule has 20 heavy (non-hydrogen) atoms. The fourth-order valence-corrected chi connectivity index (χ4v) is 3.83. The molecule has 1 aromatic carbocycles. The molecule has 1 aliphatic heterocycles. The Bertz CT molecular complexity index is 624. The summed E-state index contributed by atoms with van der Waals surface area (Å²) < 4.78 is 1.18. The Balaban J connectivity index is 1.99. The maximum atomic E-state index is 6.28. The van der Waals surface area contributed by atoms with Crippen molar-refractivity contribution in [1.29, 1.82) is 0 Å². The Kier molecular flexibility index (Phi) is 3.34. The number of likely N-dealkylation sites (N-methyl/N-ethyl adjacent to an activating group) is 1. The van der Waals surface area contributed by atoms with E-state index in [9.17, 15) is 0 Å². The standard InChI is InChI=1S/C15H22N4S/c1-9-7-19(8-10(2)18(9)4)14-6-13-15(5-12(14)16)20-11(3)17-13/h5-6,9-10H,7-8,16H2,1-4H3. The van der Waals surface area contributed by atoms with Gasteiger partial charge in [-0.1, -0.05) is 0 Å². The molecular formula is C15H22N4S. The van der Waals surface area contributed by atoms with Crippen LogP contribution in [0.25, 0.3) is 10.2 Å². The highest BCUT2D eigenvalue weighted by atomic mass is 32.1. The molecule has 0 aliphatic carbocycles. The van der Waals surface area contributed by atoms with Gasteiger partial charge in [0, 0.05) is 25.2 Å². The van der Waals surface area contributed by atoms with Gasteiger partial charge in [0.2, 0.25) is 0 Å². The third-order valence-electron chi connectivity index (χ3n) is 4.34. The van der Waals surface area contributed by atoms with E-state index in [1.165, 1.54) is 4.70 Å². The molecule has 4 nitrogen and oxygen atoms in total. The molecule has 2 atom stereocenters. The van der Waals surface area contributed by atoms with E-state index in [1.54, 1.807) is 11.3 Å². The third kappa shape index (κ3) is 2.25. The van der Waals surface area contributed by atoms with Crippen LogP contribution in [0.15, 0.2) is 12.1 Å². The number of anilines is 2. The number of hydrogen-bond acceptors (Lipinski definition) is 5. The van der Waals surface area contributed by atoms with Gasteiger partial charge in [0.05, 0.1) is 26.6 Å². The number of fused-ring (bicyclic) bond motifs is 1. The predicted octanol–water partition coefficient (Wildman–Crippen LogP) is 2.72. The highest BCUT2D eigenvalue weighted by molar-refractivity contribution is 7.18. The second-order valence-electron chi connectivity index (χ2n) is 5.88. The summed E-state index contributed by atoms with van der Waals surface area (Å²) in [6, 6.07) is 5.29. The summed E-state index contributed by atoms with van der Waals surface area (Å²) >= 11 is 1.71. The monoisotopic (exact) mass is 290 g/mol. The maximum Gasteiger partial charge on any atom is 0.0907 e. The zero-order valence-electron chi connectivity index (χ0n) is 12.6. The molecule has 1 aromatic heterocycles. The second-order valence-corrected chi connectivity index (χ2v) is 7.11. The van der Waals surface area contributed by atoms with Crippen LogP contribution in [0.3, 0.4) is 0 Å². The van der Waals surface area contributed by atoms with E-state index in [0.29, 0.717) is 12.1 Å². The lowest BCUT2D eigenvalue weighted by atomic mass is 10.1. The smallest absolute Gasteiger partial charge is 0.0907 e.